The Bertz CT molecular complexity index is 1110. The molecule has 2 atom stereocenters. The summed E-state index contributed by atoms with van der Waals surface area (Å²) in [5.74, 6) is 2.62. The molecule has 158 valence electrons. The Kier molecular flexibility index (Phi) is 5.24. The molecule has 1 aromatic heterocycles. The van der Waals surface area contributed by atoms with Gasteiger partial charge in [0.05, 0.1) is 35.7 Å². The Morgan fingerprint density at radius 1 is 0.903 bits per heavy atom. The monoisotopic (exact) mass is 412 g/mol. The van der Waals surface area contributed by atoms with Crippen LogP contribution in [-0.4, -0.2) is 23.2 Å². The van der Waals surface area contributed by atoms with Crippen LogP contribution >= 0.6 is 0 Å². The van der Waals surface area contributed by atoms with Gasteiger partial charge in [0.25, 0.3) is 0 Å². The number of H-pyrrole nitrogens is 1. The number of aromatic amines is 1. The van der Waals surface area contributed by atoms with Crippen molar-refractivity contribution in [3.8, 4) is 5.75 Å². The van der Waals surface area contributed by atoms with Crippen LogP contribution in [0.1, 0.15) is 30.7 Å². The number of anilines is 2. The molecule has 2 unspecified atom stereocenters. The van der Waals surface area contributed by atoms with Gasteiger partial charge in [-0.25, -0.2) is 4.98 Å². The molecule has 0 radical (unpaired) electrons. The molecule has 2 heterocycles. The van der Waals surface area contributed by atoms with Gasteiger partial charge in [-0.15, -0.1) is 0 Å². The lowest BCUT2D eigenvalue weighted by Crippen LogP contribution is -2.29. The lowest BCUT2D eigenvalue weighted by molar-refractivity contribution is 0.388. The summed E-state index contributed by atoms with van der Waals surface area (Å²) >= 11 is 0. The molecule has 0 bridgehead atoms. The lowest BCUT2D eigenvalue weighted by atomic mass is 9.84. The van der Waals surface area contributed by atoms with Crippen LogP contribution in [0.4, 0.5) is 11.4 Å². The molecule has 5 rings (SSSR count). The van der Waals surface area contributed by atoms with E-state index in [9.17, 15) is 0 Å². The Balaban J connectivity index is 1.40. The van der Waals surface area contributed by atoms with Crippen LogP contribution in [0.15, 0.2) is 72.8 Å². The van der Waals surface area contributed by atoms with Crippen LogP contribution in [0.25, 0.3) is 11.0 Å². The minimum atomic E-state index is 0.201. The summed E-state index contributed by atoms with van der Waals surface area (Å²) in [6.45, 7) is 2.29. The van der Waals surface area contributed by atoms with Crippen molar-refractivity contribution in [2.24, 2.45) is 5.92 Å². The number of benzene rings is 3. The average Bonchev–Trinajstić information content (AvgIpc) is 3.42. The maximum Gasteiger partial charge on any atom is 0.118 e. The standard InChI is InChI=1S/C26H28N4O/c1-17(26-29-23-9-5-6-10-24(23)30-26)19(15-18-11-13-20(31-2)14-12-18)16-25-27-21-7-3-4-8-22(21)28-25/h3-14,17,19,25,27-28H,15-16H2,1-2H3,(H,29,30). The Hall–Kier alpha value is -3.47. The number of fused-ring (bicyclic) bond motifs is 2. The third kappa shape index (κ3) is 4.08. The maximum absolute atomic E-state index is 5.33. The van der Waals surface area contributed by atoms with E-state index in [2.05, 4.69) is 71.1 Å². The van der Waals surface area contributed by atoms with Gasteiger partial charge in [-0.1, -0.05) is 43.3 Å². The fourth-order valence-corrected chi connectivity index (χ4v) is 4.51. The largest absolute Gasteiger partial charge is 0.497 e. The van der Waals surface area contributed by atoms with Crippen LogP contribution in [0, 0.1) is 5.92 Å². The molecule has 0 fully saturated rings. The number of para-hydroxylation sites is 4. The van der Waals surface area contributed by atoms with Crippen LogP contribution in [0.3, 0.4) is 0 Å². The van der Waals surface area contributed by atoms with Crippen molar-refractivity contribution in [1.29, 1.82) is 0 Å². The van der Waals surface area contributed by atoms with Crippen LogP contribution in [0.5, 0.6) is 5.75 Å². The summed E-state index contributed by atoms with van der Waals surface area (Å²) < 4.78 is 5.33. The number of ether oxygens (including phenoxy) is 1. The molecule has 5 heteroatoms. The normalized spacial score (nSPS) is 15.2. The fraction of sp³-hybridized carbons (Fsp3) is 0.269. The molecular formula is C26H28N4O. The molecule has 0 saturated carbocycles. The van der Waals surface area contributed by atoms with E-state index in [-0.39, 0.29) is 12.1 Å². The van der Waals surface area contributed by atoms with Gasteiger partial charge in [0.1, 0.15) is 11.6 Å². The second-order valence-corrected chi connectivity index (χ2v) is 8.36. The van der Waals surface area contributed by atoms with Gasteiger partial charge in [0.15, 0.2) is 0 Å². The zero-order valence-electron chi connectivity index (χ0n) is 17.9. The second-order valence-electron chi connectivity index (χ2n) is 8.36. The summed E-state index contributed by atoms with van der Waals surface area (Å²) in [5, 5.41) is 7.28. The predicted molar refractivity (Wildman–Crippen MR) is 127 cm³/mol. The fourth-order valence-electron chi connectivity index (χ4n) is 4.51. The first kappa shape index (κ1) is 19.5. The van der Waals surface area contributed by atoms with Gasteiger partial charge < -0.3 is 20.4 Å². The third-order valence-electron chi connectivity index (χ3n) is 6.33. The molecule has 0 aliphatic carbocycles. The first-order valence-corrected chi connectivity index (χ1v) is 10.9. The smallest absolute Gasteiger partial charge is 0.118 e. The zero-order valence-corrected chi connectivity index (χ0v) is 17.9. The van der Waals surface area contributed by atoms with Gasteiger partial charge in [-0.05, 0) is 60.7 Å². The number of imidazole rings is 1. The van der Waals surface area contributed by atoms with Gasteiger partial charge >= 0.3 is 0 Å². The van der Waals surface area contributed by atoms with Crippen LogP contribution < -0.4 is 15.4 Å². The molecule has 4 aromatic rings. The number of aromatic nitrogens is 2. The second kappa shape index (κ2) is 8.34. The quantitative estimate of drug-likeness (QED) is 0.360. The van der Waals surface area contributed by atoms with Gasteiger partial charge in [0, 0.05) is 5.92 Å². The molecule has 3 N–H and O–H groups in total. The van der Waals surface area contributed by atoms with Gasteiger partial charge in [0.2, 0.25) is 0 Å². The first-order valence-electron chi connectivity index (χ1n) is 10.9. The predicted octanol–water partition coefficient (Wildman–Crippen LogP) is 5.79. The highest BCUT2D eigenvalue weighted by atomic mass is 16.5. The summed E-state index contributed by atoms with van der Waals surface area (Å²) in [7, 11) is 1.70. The van der Waals surface area contributed by atoms with Gasteiger partial charge in [-0.2, -0.15) is 0 Å². The average molecular weight is 413 g/mol. The van der Waals surface area contributed by atoms with E-state index in [1.54, 1.807) is 7.11 Å². The van der Waals surface area contributed by atoms with E-state index in [1.807, 2.05) is 24.3 Å². The maximum atomic E-state index is 5.33. The first-order chi connectivity index (χ1) is 15.2. The Morgan fingerprint density at radius 2 is 1.58 bits per heavy atom. The molecular weight excluding hydrogens is 384 g/mol. The van der Waals surface area contributed by atoms with Crippen molar-refractivity contribution >= 4 is 22.4 Å². The van der Waals surface area contributed by atoms with E-state index >= 15 is 0 Å². The number of hydrogen-bond donors (Lipinski definition) is 3. The van der Waals surface area contributed by atoms with E-state index in [0.29, 0.717) is 5.92 Å². The molecule has 0 amide bonds. The van der Waals surface area contributed by atoms with Crippen LogP contribution in [0.2, 0.25) is 0 Å². The van der Waals surface area contributed by atoms with Crippen molar-refractivity contribution in [3.63, 3.8) is 0 Å². The number of rotatable bonds is 7. The highest BCUT2D eigenvalue weighted by Gasteiger charge is 2.28. The SMILES string of the molecule is COc1ccc(CC(CC2Nc3ccccc3N2)C(C)c2nc3ccccc3[nH]2)cc1. The molecule has 3 aromatic carbocycles. The highest BCUT2D eigenvalue weighted by Crippen LogP contribution is 2.35. The lowest BCUT2D eigenvalue weighted by Gasteiger charge is -2.26. The van der Waals surface area contributed by atoms with E-state index in [1.165, 1.54) is 16.9 Å². The summed E-state index contributed by atoms with van der Waals surface area (Å²) in [6, 6.07) is 25.1. The number of hydrogen-bond acceptors (Lipinski definition) is 4. The minimum absolute atomic E-state index is 0.201. The zero-order chi connectivity index (χ0) is 21.2. The van der Waals surface area contributed by atoms with Crippen molar-refractivity contribution in [2.45, 2.75) is 31.8 Å². The number of nitrogens with zero attached hydrogens (tertiary/aromatic N) is 1. The molecule has 5 nitrogen and oxygen atoms in total. The molecule has 0 spiro atoms. The Morgan fingerprint density at radius 3 is 2.26 bits per heavy atom. The van der Waals surface area contributed by atoms with Crippen molar-refractivity contribution in [1.82, 2.24) is 9.97 Å². The molecule has 1 aliphatic rings. The van der Waals surface area contributed by atoms with Crippen molar-refractivity contribution < 1.29 is 4.74 Å². The number of nitrogens with one attached hydrogen (secondary N) is 3. The summed E-state index contributed by atoms with van der Waals surface area (Å²) in [5.41, 5.74) is 5.78. The van der Waals surface area contributed by atoms with E-state index < -0.39 is 0 Å². The molecule has 0 saturated heterocycles. The van der Waals surface area contributed by atoms with Crippen molar-refractivity contribution in [3.05, 3.63) is 84.2 Å². The minimum Gasteiger partial charge on any atom is -0.497 e. The molecule has 1 aliphatic heterocycles. The van der Waals surface area contributed by atoms with E-state index in [4.69, 9.17) is 9.72 Å². The van der Waals surface area contributed by atoms with Gasteiger partial charge in [-0.3, -0.25) is 0 Å². The highest BCUT2D eigenvalue weighted by molar-refractivity contribution is 5.75. The Labute approximate surface area is 182 Å². The van der Waals surface area contributed by atoms with E-state index in [0.717, 1.165) is 35.4 Å². The summed E-state index contributed by atoms with van der Waals surface area (Å²) in [6.07, 6.45) is 2.16. The third-order valence-corrected chi connectivity index (χ3v) is 6.33. The summed E-state index contributed by atoms with van der Waals surface area (Å²) in [4.78, 5) is 8.45. The number of methoxy groups -OCH3 is 1. The van der Waals surface area contributed by atoms with Crippen molar-refractivity contribution in [2.75, 3.05) is 17.7 Å². The molecule has 31 heavy (non-hydrogen) atoms. The van der Waals surface area contributed by atoms with Crippen LogP contribution in [-0.2, 0) is 6.42 Å². The topological polar surface area (TPSA) is 62.0 Å².